The van der Waals surface area contributed by atoms with Crippen molar-refractivity contribution in [2.45, 2.75) is 19.8 Å². The van der Waals surface area contributed by atoms with Crippen molar-refractivity contribution in [3.8, 4) is 5.75 Å². The maximum atomic E-state index is 11.8. The van der Waals surface area contributed by atoms with Crippen molar-refractivity contribution in [1.82, 2.24) is 10.6 Å². The summed E-state index contributed by atoms with van der Waals surface area (Å²) in [5.41, 5.74) is 0. The summed E-state index contributed by atoms with van der Waals surface area (Å²) >= 11 is 0. The van der Waals surface area contributed by atoms with Gasteiger partial charge in [0.2, 0.25) is 5.91 Å². The molecule has 0 saturated heterocycles. The Hall–Kier alpha value is -1.55. The molecule has 0 heterocycles. The predicted molar refractivity (Wildman–Crippen MR) is 77.3 cm³/mol. The van der Waals surface area contributed by atoms with Crippen LogP contribution in [0.25, 0.3) is 0 Å². The Bertz CT molecular complexity index is 354. The van der Waals surface area contributed by atoms with Crippen molar-refractivity contribution in [3.63, 3.8) is 0 Å². The number of carbonyl (C=O) groups is 1. The molecule has 2 N–H and O–H groups in total. The Labute approximate surface area is 115 Å². The molecule has 1 rings (SSSR count). The molecule has 4 nitrogen and oxygen atoms in total. The first-order valence-electron chi connectivity index (χ1n) is 6.84. The maximum Gasteiger partial charge on any atom is 0.222 e. The normalized spacial score (nSPS) is 11.9. The number of carbonyl (C=O) groups excluding carboxylic acids is 1. The lowest BCUT2D eigenvalue weighted by Crippen LogP contribution is -2.32. The Balaban J connectivity index is 2.12. The van der Waals surface area contributed by atoms with E-state index in [1.807, 2.05) is 44.3 Å². The van der Waals surface area contributed by atoms with Crippen molar-refractivity contribution in [1.29, 1.82) is 0 Å². The summed E-state index contributed by atoms with van der Waals surface area (Å²) in [7, 11) is 1.91. The Morgan fingerprint density at radius 2 is 2.00 bits per heavy atom. The average molecular weight is 264 g/mol. The summed E-state index contributed by atoms with van der Waals surface area (Å²) in [6, 6.07) is 9.67. The molecule has 0 radical (unpaired) electrons. The summed E-state index contributed by atoms with van der Waals surface area (Å²) in [6.07, 6.45) is 1.68. The summed E-state index contributed by atoms with van der Waals surface area (Å²) in [4.78, 5) is 11.8. The van der Waals surface area contributed by atoms with Gasteiger partial charge in [0, 0.05) is 12.5 Å². The monoisotopic (exact) mass is 264 g/mol. The molecule has 106 valence electrons. The number of rotatable bonds is 9. The molecule has 0 fully saturated rings. The van der Waals surface area contributed by atoms with E-state index >= 15 is 0 Å². The van der Waals surface area contributed by atoms with Crippen molar-refractivity contribution in [3.05, 3.63) is 30.3 Å². The molecule has 1 unspecified atom stereocenters. The molecule has 0 saturated carbocycles. The molecule has 1 aromatic rings. The molecule has 0 aliphatic carbocycles. The zero-order chi connectivity index (χ0) is 13.9. The molecule has 19 heavy (non-hydrogen) atoms. The largest absolute Gasteiger partial charge is 0.494 e. The molecule has 0 spiro atoms. The lowest BCUT2D eigenvalue weighted by Gasteiger charge is -2.12. The molecule has 0 bridgehead atoms. The predicted octanol–water partition coefficient (Wildman–Crippen LogP) is 1.82. The zero-order valence-electron chi connectivity index (χ0n) is 11.8. The van der Waals surface area contributed by atoms with Gasteiger partial charge in [0.15, 0.2) is 0 Å². The third-order valence-electron chi connectivity index (χ3n) is 2.91. The van der Waals surface area contributed by atoms with Gasteiger partial charge in [-0.15, -0.1) is 0 Å². The van der Waals surface area contributed by atoms with Gasteiger partial charge in [-0.3, -0.25) is 4.79 Å². The molecule has 0 aliphatic heterocycles. The van der Waals surface area contributed by atoms with Crippen LogP contribution in [0.4, 0.5) is 0 Å². The number of hydrogen-bond acceptors (Lipinski definition) is 3. The van der Waals surface area contributed by atoms with E-state index in [-0.39, 0.29) is 11.8 Å². The van der Waals surface area contributed by atoms with Crippen LogP contribution >= 0.6 is 0 Å². The van der Waals surface area contributed by atoms with Crippen LogP contribution in [0, 0.1) is 5.92 Å². The average Bonchev–Trinajstić information content (AvgIpc) is 2.44. The Morgan fingerprint density at radius 3 is 2.68 bits per heavy atom. The Morgan fingerprint density at radius 1 is 1.26 bits per heavy atom. The van der Waals surface area contributed by atoms with Gasteiger partial charge >= 0.3 is 0 Å². The highest BCUT2D eigenvalue weighted by Gasteiger charge is 2.11. The maximum absolute atomic E-state index is 11.8. The highest BCUT2D eigenvalue weighted by atomic mass is 16.5. The van der Waals surface area contributed by atoms with Gasteiger partial charge in [-0.05, 0) is 38.6 Å². The SMILES string of the molecule is CNCCCNC(=O)C(C)CCOc1ccccc1. The third kappa shape index (κ3) is 6.82. The minimum Gasteiger partial charge on any atom is -0.494 e. The van der Waals surface area contributed by atoms with Crippen LogP contribution in [0.5, 0.6) is 5.75 Å². The molecular weight excluding hydrogens is 240 g/mol. The van der Waals surface area contributed by atoms with Crippen molar-refractivity contribution >= 4 is 5.91 Å². The smallest absolute Gasteiger partial charge is 0.222 e. The lowest BCUT2D eigenvalue weighted by atomic mass is 10.1. The number of ether oxygens (including phenoxy) is 1. The van der Waals surface area contributed by atoms with Gasteiger partial charge < -0.3 is 15.4 Å². The minimum absolute atomic E-state index is 0.0155. The first-order valence-corrected chi connectivity index (χ1v) is 6.84. The molecule has 1 atom stereocenters. The second-order valence-electron chi connectivity index (χ2n) is 4.60. The summed E-state index contributed by atoms with van der Waals surface area (Å²) in [5, 5.41) is 5.98. The standard InChI is InChI=1S/C15H24N2O2/c1-13(15(18)17-11-6-10-16-2)9-12-19-14-7-4-3-5-8-14/h3-5,7-8,13,16H,6,9-12H2,1-2H3,(H,17,18). The highest BCUT2D eigenvalue weighted by molar-refractivity contribution is 5.78. The number of hydrogen-bond donors (Lipinski definition) is 2. The van der Waals surface area contributed by atoms with Crippen LogP contribution in [0.1, 0.15) is 19.8 Å². The van der Waals surface area contributed by atoms with Gasteiger partial charge in [-0.1, -0.05) is 25.1 Å². The molecule has 4 heteroatoms. The number of nitrogens with one attached hydrogen (secondary N) is 2. The summed E-state index contributed by atoms with van der Waals surface area (Å²) < 4.78 is 5.58. The van der Waals surface area contributed by atoms with Gasteiger partial charge in [0.25, 0.3) is 0 Å². The van der Waals surface area contributed by atoms with Crippen LogP contribution in [0.15, 0.2) is 30.3 Å². The number of para-hydroxylation sites is 1. The van der Waals surface area contributed by atoms with Gasteiger partial charge in [0.05, 0.1) is 6.61 Å². The van der Waals surface area contributed by atoms with E-state index in [2.05, 4.69) is 10.6 Å². The van der Waals surface area contributed by atoms with Crippen molar-refractivity contribution in [2.24, 2.45) is 5.92 Å². The highest BCUT2D eigenvalue weighted by Crippen LogP contribution is 2.10. The van der Waals surface area contributed by atoms with Crippen LogP contribution in [-0.2, 0) is 4.79 Å². The first-order chi connectivity index (χ1) is 9.24. The van der Waals surface area contributed by atoms with Crippen LogP contribution < -0.4 is 15.4 Å². The second-order valence-corrected chi connectivity index (χ2v) is 4.60. The van der Waals surface area contributed by atoms with E-state index in [4.69, 9.17) is 4.74 Å². The molecule has 0 aromatic heterocycles. The van der Waals surface area contributed by atoms with Gasteiger partial charge in [0.1, 0.15) is 5.75 Å². The lowest BCUT2D eigenvalue weighted by molar-refractivity contribution is -0.124. The molecule has 1 amide bonds. The quantitative estimate of drug-likeness (QED) is 0.669. The summed E-state index contributed by atoms with van der Waals surface area (Å²) in [6.45, 7) is 4.15. The van der Waals surface area contributed by atoms with E-state index in [0.29, 0.717) is 6.61 Å². The second kappa shape index (κ2) is 9.39. The molecular formula is C15H24N2O2. The number of amides is 1. The minimum atomic E-state index is -0.0155. The molecule has 0 aliphatic rings. The fourth-order valence-corrected chi connectivity index (χ4v) is 1.65. The fourth-order valence-electron chi connectivity index (χ4n) is 1.65. The van der Waals surface area contributed by atoms with Crippen LogP contribution in [0.3, 0.4) is 0 Å². The third-order valence-corrected chi connectivity index (χ3v) is 2.91. The fraction of sp³-hybridized carbons (Fsp3) is 0.533. The zero-order valence-corrected chi connectivity index (χ0v) is 11.8. The summed E-state index contributed by atoms with van der Waals surface area (Å²) in [5.74, 6) is 0.940. The van der Waals surface area contributed by atoms with E-state index in [0.717, 1.165) is 31.7 Å². The van der Waals surface area contributed by atoms with Crippen LogP contribution in [0.2, 0.25) is 0 Å². The van der Waals surface area contributed by atoms with Crippen molar-refractivity contribution in [2.75, 3.05) is 26.7 Å². The Kier molecular flexibility index (Phi) is 7.66. The topological polar surface area (TPSA) is 50.4 Å². The van der Waals surface area contributed by atoms with E-state index in [9.17, 15) is 4.79 Å². The van der Waals surface area contributed by atoms with Gasteiger partial charge in [-0.2, -0.15) is 0 Å². The first kappa shape index (κ1) is 15.5. The number of benzene rings is 1. The van der Waals surface area contributed by atoms with Crippen LogP contribution in [-0.4, -0.2) is 32.7 Å². The van der Waals surface area contributed by atoms with E-state index < -0.39 is 0 Å². The molecule has 1 aromatic carbocycles. The van der Waals surface area contributed by atoms with E-state index in [1.165, 1.54) is 0 Å². The van der Waals surface area contributed by atoms with Crippen molar-refractivity contribution < 1.29 is 9.53 Å². The van der Waals surface area contributed by atoms with E-state index in [1.54, 1.807) is 0 Å². The van der Waals surface area contributed by atoms with Gasteiger partial charge in [-0.25, -0.2) is 0 Å².